The predicted octanol–water partition coefficient (Wildman–Crippen LogP) is 1.93. The van der Waals surface area contributed by atoms with Crippen molar-refractivity contribution in [3.05, 3.63) is 27.7 Å². The molecule has 84 valence electrons. The predicted molar refractivity (Wildman–Crippen MR) is 60.4 cm³/mol. The second-order valence-corrected chi connectivity index (χ2v) is 5.94. The van der Waals surface area contributed by atoms with Crippen LogP contribution in [0.4, 0.5) is 0 Å². The quantitative estimate of drug-likeness (QED) is 0.912. The third-order valence-corrected chi connectivity index (χ3v) is 3.67. The Morgan fingerprint density at radius 1 is 1.27 bits per heavy atom. The number of rotatable bonds is 3. The van der Waals surface area contributed by atoms with Crippen LogP contribution in [0.25, 0.3) is 0 Å². The van der Waals surface area contributed by atoms with Gasteiger partial charge < -0.3 is 5.11 Å². The smallest absolute Gasteiger partial charge is 0.175 e. The van der Waals surface area contributed by atoms with Crippen LogP contribution in [0.5, 0.6) is 0 Å². The van der Waals surface area contributed by atoms with Gasteiger partial charge in [-0.05, 0) is 24.1 Å². The van der Waals surface area contributed by atoms with Crippen LogP contribution in [0.3, 0.4) is 0 Å². The van der Waals surface area contributed by atoms with E-state index >= 15 is 0 Å². The summed E-state index contributed by atoms with van der Waals surface area (Å²) in [5, 5.41) is 9.28. The molecule has 1 aromatic rings. The number of halogens is 2. The summed E-state index contributed by atoms with van der Waals surface area (Å²) < 4.78 is 22.5. The van der Waals surface area contributed by atoms with E-state index in [4.69, 9.17) is 28.3 Å². The van der Waals surface area contributed by atoms with Gasteiger partial charge in [-0.2, -0.15) is 0 Å². The lowest BCUT2D eigenvalue weighted by Gasteiger charge is -2.07. The van der Waals surface area contributed by atoms with Gasteiger partial charge in [0.2, 0.25) is 0 Å². The fraction of sp³-hybridized carbons (Fsp3) is 0.333. The van der Waals surface area contributed by atoms with Gasteiger partial charge in [0.1, 0.15) is 0 Å². The molecule has 0 fully saturated rings. The van der Waals surface area contributed by atoms with Crippen molar-refractivity contribution < 1.29 is 13.5 Å². The zero-order chi connectivity index (χ0) is 11.6. The average Bonchev–Trinajstić information content (AvgIpc) is 2.09. The number of sulfone groups is 1. The van der Waals surface area contributed by atoms with Gasteiger partial charge in [0.15, 0.2) is 9.84 Å². The average molecular weight is 269 g/mol. The Morgan fingerprint density at radius 3 is 2.07 bits per heavy atom. The summed E-state index contributed by atoms with van der Waals surface area (Å²) in [5.41, 5.74) is 0.563. The standard InChI is InChI=1S/C9H10Cl2O3S/c1-15(13,14)6-4-8(10)7(2-3-12)9(11)5-6/h4-5,12H,2-3H2,1H3. The summed E-state index contributed by atoms with van der Waals surface area (Å²) in [7, 11) is -3.31. The van der Waals surface area contributed by atoms with Crippen molar-refractivity contribution >= 4 is 33.0 Å². The largest absolute Gasteiger partial charge is 0.396 e. The molecule has 0 atom stereocenters. The molecule has 0 aliphatic rings. The SMILES string of the molecule is CS(=O)(=O)c1cc(Cl)c(CCO)c(Cl)c1. The Kier molecular flexibility index (Phi) is 4.00. The fourth-order valence-electron chi connectivity index (χ4n) is 1.14. The Labute approximate surface area is 98.6 Å². The second-order valence-electron chi connectivity index (χ2n) is 3.11. The maximum atomic E-state index is 11.2. The van der Waals surface area contributed by atoms with Crippen molar-refractivity contribution in [3.8, 4) is 0 Å². The van der Waals surface area contributed by atoms with Crippen LogP contribution in [0.1, 0.15) is 5.56 Å². The molecule has 0 saturated carbocycles. The molecule has 0 saturated heterocycles. The van der Waals surface area contributed by atoms with Crippen LogP contribution in [-0.4, -0.2) is 26.4 Å². The summed E-state index contributed by atoms with van der Waals surface area (Å²) in [5.74, 6) is 0. The highest BCUT2D eigenvalue weighted by atomic mass is 35.5. The van der Waals surface area contributed by atoms with Crippen molar-refractivity contribution in [3.63, 3.8) is 0 Å². The van der Waals surface area contributed by atoms with Crippen molar-refractivity contribution in [2.75, 3.05) is 12.9 Å². The van der Waals surface area contributed by atoms with Crippen LogP contribution in [0.2, 0.25) is 10.0 Å². The van der Waals surface area contributed by atoms with E-state index in [1.54, 1.807) is 0 Å². The van der Waals surface area contributed by atoms with Crippen LogP contribution in [0, 0.1) is 0 Å². The molecular formula is C9H10Cl2O3S. The van der Waals surface area contributed by atoms with Gasteiger partial charge in [0.05, 0.1) is 4.90 Å². The Hall–Kier alpha value is -0.290. The first kappa shape index (κ1) is 12.8. The third-order valence-electron chi connectivity index (χ3n) is 1.90. The van der Waals surface area contributed by atoms with Crippen LogP contribution >= 0.6 is 23.2 Å². The summed E-state index contributed by atoms with van der Waals surface area (Å²) in [4.78, 5) is 0.0826. The first-order valence-electron chi connectivity index (χ1n) is 4.15. The lowest BCUT2D eigenvalue weighted by Crippen LogP contribution is -2.00. The third kappa shape index (κ3) is 3.08. The molecule has 6 heteroatoms. The molecule has 0 spiro atoms. The van der Waals surface area contributed by atoms with Crippen LogP contribution in [-0.2, 0) is 16.3 Å². The lowest BCUT2D eigenvalue weighted by molar-refractivity contribution is 0.299. The first-order chi connectivity index (χ1) is 6.86. The fourth-order valence-corrected chi connectivity index (χ4v) is 2.61. The normalized spacial score (nSPS) is 11.7. The number of hydrogen-bond acceptors (Lipinski definition) is 3. The summed E-state index contributed by atoms with van der Waals surface area (Å²) in [6.07, 6.45) is 1.39. The molecule has 1 N–H and O–H groups in total. The van der Waals surface area contributed by atoms with Gasteiger partial charge in [-0.25, -0.2) is 8.42 Å². The molecule has 0 heterocycles. The first-order valence-corrected chi connectivity index (χ1v) is 6.80. The van der Waals surface area contributed by atoms with Crippen LogP contribution in [0.15, 0.2) is 17.0 Å². The molecule has 0 aliphatic carbocycles. The van der Waals surface area contributed by atoms with E-state index < -0.39 is 9.84 Å². The van der Waals surface area contributed by atoms with Crippen molar-refractivity contribution in [1.82, 2.24) is 0 Å². The zero-order valence-electron chi connectivity index (χ0n) is 8.00. The number of aliphatic hydroxyl groups excluding tert-OH is 1. The highest BCUT2D eigenvalue weighted by molar-refractivity contribution is 7.90. The van der Waals surface area contributed by atoms with E-state index in [9.17, 15) is 8.42 Å². The number of hydrogen-bond donors (Lipinski definition) is 1. The molecule has 1 aromatic carbocycles. The molecule has 0 bridgehead atoms. The molecule has 15 heavy (non-hydrogen) atoms. The van der Waals surface area contributed by atoms with Gasteiger partial charge in [-0.15, -0.1) is 0 Å². The molecule has 0 aromatic heterocycles. The van der Waals surface area contributed by atoms with Gasteiger partial charge in [-0.1, -0.05) is 23.2 Å². The van der Waals surface area contributed by atoms with E-state index in [0.717, 1.165) is 6.26 Å². The molecule has 0 radical (unpaired) electrons. The van der Waals surface area contributed by atoms with Gasteiger partial charge in [0, 0.05) is 22.9 Å². The second kappa shape index (κ2) is 4.70. The minimum Gasteiger partial charge on any atom is -0.396 e. The Bertz CT molecular complexity index is 445. The van der Waals surface area contributed by atoms with Crippen LogP contribution < -0.4 is 0 Å². The van der Waals surface area contributed by atoms with E-state index in [0.29, 0.717) is 12.0 Å². The molecule has 3 nitrogen and oxygen atoms in total. The molecule has 0 amide bonds. The van der Waals surface area contributed by atoms with E-state index in [1.807, 2.05) is 0 Å². The molecule has 1 rings (SSSR count). The van der Waals surface area contributed by atoms with E-state index in [2.05, 4.69) is 0 Å². The minimum atomic E-state index is -3.31. The van der Waals surface area contributed by atoms with E-state index in [1.165, 1.54) is 12.1 Å². The highest BCUT2D eigenvalue weighted by Crippen LogP contribution is 2.28. The van der Waals surface area contributed by atoms with Gasteiger partial charge >= 0.3 is 0 Å². The summed E-state index contributed by atoms with van der Waals surface area (Å²) in [6.45, 7) is -0.0857. The topological polar surface area (TPSA) is 54.4 Å². The monoisotopic (exact) mass is 268 g/mol. The van der Waals surface area contributed by atoms with Crippen molar-refractivity contribution in [1.29, 1.82) is 0 Å². The molecule has 0 aliphatic heterocycles. The molecule has 0 unspecified atom stereocenters. The Balaban J connectivity index is 3.32. The number of aliphatic hydroxyl groups is 1. The molecular weight excluding hydrogens is 259 g/mol. The zero-order valence-corrected chi connectivity index (χ0v) is 10.3. The highest BCUT2D eigenvalue weighted by Gasteiger charge is 2.13. The lowest BCUT2D eigenvalue weighted by atomic mass is 10.1. The maximum Gasteiger partial charge on any atom is 0.175 e. The minimum absolute atomic E-state index is 0.0826. The van der Waals surface area contributed by atoms with Crippen molar-refractivity contribution in [2.24, 2.45) is 0 Å². The van der Waals surface area contributed by atoms with Crippen molar-refractivity contribution in [2.45, 2.75) is 11.3 Å². The maximum absolute atomic E-state index is 11.2. The Morgan fingerprint density at radius 2 is 1.73 bits per heavy atom. The van der Waals surface area contributed by atoms with E-state index in [-0.39, 0.29) is 21.5 Å². The summed E-state index contributed by atoms with van der Waals surface area (Å²) in [6, 6.07) is 2.68. The number of benzene rings is 1. The summed E-state index contributed by atoms with van der Waals surface area (Å²) >= 11 is 11.7. The van der Waals surface area contributed by atoms with Gasteiger partial charge in [-0.3, -0.25) is 0 Å². The van der Waals surface area contributed by atoms with Gasteiger partial charge in [0.25, 0.3) is 0 Å².